The minimum atomic E-state index is -0.495. The molecule has 0 atom stereocenters. The van der Waals surface area contributed by atoms with E-state index < -0.39 is 4.92 Å². The number of hydrogen-bond donors (Lipinski definition) is 2. The van der Waals surface area contributed by atoms with Gasteiger partial charge < -0.3 is 15.3 Å². The Balaban J connectivity index is 1.48. The molecule has 1 heterocycles. The summed E-state index contributed by atoms with van der Waals surface area (Å²) in [7, 11) is 0. The van der Waals surface area contributed by atoms with Crippen molar-refractivity contribution in [2.24, 2.45) is 0 Å². The van der Waals surface area contributed by atoms with Gasteiger partial charge in [-0.1, -0.05) is 48.0 Å². The molecule has 0 saturated heterocycles. The molecular formula is C25H22ClN3O4. The van der Waals surface area contributed by atoms with E-state index in [0.29, 0.717) is 36.8 Å². The van der Waals surface area contributed by atoms with Crippen LogP contribution in [0.4, 0.5) is 11.4 Å². The lowest BCUT2D eigenvalue weighted by molar-refractivity contribution is -0.384. The molecule has 0 spiro atoms. The van der Waals surface area contributed by atoms with Gasteiger partial charge in [-0.2, -0.15) is 0 Å². The fraction of sp³-hybridized carbons (Fsp3) is 0.160. The number of anilines is 1. The van der Waals surface area contributed by atoms with Crippen molar-refractivity contribution >= 4 is 34.5 Å². The van der Waals surface area contributed by atoms with Crippen molar-refractivity contribution in [1.29, 1.82) is 0 Å². The van der Waals surface area contributed by atoms with Crippen LogP contribution in [0.15, 0.2) is 72.8 Å². The smallest absolute Gasteiger partial charge is 0.293 e. The van der Waals surface area contributed by atoms with Gasteiger partial charge in [0.2, 0.25) is 0 Å². The summed E-state index contributed by atoms with van der Waals surface area (Å²) in [6.45, 7) is 1.24. The molecule has 8 heteroatoms. The molecule has 0 bridgehead atoms. The summed E-state index contributed by atoms with van der Waals surface area (Å²) < 4.78 is 0. The second kappa shape index (κ2) is 9.75. The van der Waals surface area contributed by atoms with Crippen LogP contribution < -0.4 is 5.32 Å². The third-order valence-electron chi connectivity index (χ3n) is 5.60. The molecule has 1 aliphatic heterocycles. The van der Waals surface area contributed by atoms with Crippen LogP contribution in [-0.2, 0) is 6.54 Å². The number of nitro benzene ring substituents is 1. The standard InChI is InChI=1S/C25H22ClN3O4/c26-22-4-2-1-3-20(22)16-27-23-10-7-19(15-24(23)29(32)33)25(31)28-13-11-18(12-14-28)17-5-8-21(30)9-6-17/h1-11,15,27,30H,12-14,16H2. The number of aromatic hydroxyl groups is 1. The van der Waals surface area contributed by atoms with Crippen molar-refractivity contribution in [3.05, 3.63) is 105 Å². The number of nitrogens with one attached hydrogen (secondary N) is 1. The summed E-state index contributed by atoms with van der Waals surface area (Å²) in [6.07, 6.45) is 2.64. The van der Waals surface area contributed by atoms with Crippen molar-refractivity contribution in [2.45, 2.75) is 13.0 Å². The number of hydrogen-bond acceptors (Lipinski definition) is 5. The van der Waals surface area contributed by atoms with Gasteiger partial charge in [0.25, 0.3) is 11.6 Å². The zero-order chi connectivity index (χ0) is 23.4. The van der Waals surface area contributed by atoms with E-state index in [0.717, 1.165) is 16.7 Å². The van der Waals surface area contributed by atoms with Crippen LogP contribution >= 0.6 is 11.6 Å². The van der Waals surface area contributed by atoms with Gasteiger partial charge in [0, 0.05) is 36.3 Å². The first-order valence-corrected chi connectivity index (χ1v) is 10.8. The van der Waals surface area contributed by atoms with E-state index in [4.69, 9.17) is 11.6 Å². The van der Waals surface area contributed by atoms with Gasteiger partial charge in [-0.3, -0.25) is 14.9 Å². The van der Waals surface area contributed by atoms with Crippen molar-refractivity contribution in [3.63, 3.8) is 0 Å². The summed E-state index contributed by atoms with van der Waals surface area (Å²) in [5, 5.41) is 24.7. The number of halogens is 1. The first-order chi connectivity index (χ1) is 15.9. The van der Waals surface area contributed by atoms with Gasteiger partial charge in [0.15, 0.2) is 0 Å². The fourth-order valence-corrected chi connectivity index (χ4v) is 3.97. The highest BCUT2D eigenvalue weighted by molar-refractivity contribution is 6.31. The number of amides is 1. The van der Waals surface area contributed by atoms with Gasteiger partial charge >= 0.3 is 0 Å². The van der Waals surface area contributed by atoms with Crippen LogP contribution in [0.25, 0.3) is 5.57 Å². The topological polar surface area (TPSA) is 95.7 Å². The molecule has 0 aliphatic carbocycles. The van der Waals surface area contributed by atoms with E-state index in [2.05, 4.69) is 5.32 Å². The van der Waals surface area contributed by atoms with Crippen LogP contribution in [0.3, 0.4) is 0 Å². The maximum absolute atomic E-state index is 13.0. The largest absolute Gasteiger partial charge is 0.508 e. The third-order valence-corrected chi connectivity index (χ3v) is 5.97. The first-order valence-electron chi connectivity index (χ1n) is 10.5. The van der Waals surface area contributed by atoms with Gasteiger partial charge in [-0.15, -0.1) is 0 Å². The molecule has 0 fully saturated rings. The molecule has 0 saturated carbocycles. The Morgan fingerprint density at radius 2 is 1.88 bits per heavy atom. The maximum Gasteiger partial charge on any atom is 0.293 e. The van der Waals surface area contributed by atoms with Crippen molar-refractivity contribution in [2.75, 3.05) is 18.4 Å². The molecule has 4 rings (SSSR count). The summed E-state index contributed by atoms with van der Waals surface area (Å²) in [5.74, 6) is -0.0462. The van der Waals surface area contributed by atoms with E-state index in [1.807, 2.05) is 36.4 Å². The number of nitro groups is 1. The molecule has 1 aliphatic rings. The highest BCUT2D eigenvalue weighted by atomic mass is 35.5. The Bertz CT molecular complexity index is 1220. The molecule has 1 amide bonds. The third kappa shape index (κ3) is 5.15. The van der Waals surface area contributed by atoms with Crippen molar-refractivity contribution in [1.82, 2.24) is 4.90 Å². The molecule has 0 aromatic heterocycles. The molecule has 3 aromatic carbocycles. The number of rotatable bonds is 6. The molecule has 2 N–H and O–H groups in total. The Morgan fingerprint density at radius 1 is 1.12 bits per heavy atom. The number of phenolic OH excluding ortho intramolecular Hbond substituents is 1. The number of nitrogens with zero attached hydrogens (tertiary/aromatic N) is 2. The average Bonchev–Trinajstić information content (AvgIpc) is 2.83. The predicted octanol–water partition coefficient (Wildman–Crippen LogP) is 5.50. The Hall–Kier alpha value is -3.84. The molecule has 33 heavy (non-hydrogen) atoms. The normalized spacial score (nSPS) is 13.4. The summed E-state index contributed by atoms with van der Waals surface area (Å²) >= 11 is 6.16. The zero-order valence-corrected chi connectivity index (χ0v) is 18.5. The summed E-state index contributed by atoms with van der Waals surface area (Å²) in [6, 6.07) is 18.7. The van der Waals surface area contributed by atoms with E-state index in [1.54, 1.807) is 35.2 Å². The lowest BCUT2D eigenvalue weighted by atomic mass is 9.99. The highest BCUT2D eigenvalue weighted by Gasteiger charge is 2.23. The molecule has 168 valence electrons. The van der Waals surface area contributed by atoms with Crippen molar-refractivity contribution in [3.8, 4) is 5.75 Å². The highest BCUT2D eigenvalue weighted by Crippen LogP contribution is 2.29. The minimum Gasteiger partial charge on any atom is -0.508 e. The van der Waals surface area contributed by atoms with Crippen LogP contribution in [0.2, 0.25) is 5.02 Å². The average molecular weight is 464 g/mol. The minimum absolute atomic E-state index is 0.162. The van der Waals surface area contributed by atoms with Crippen LogP contribution in [0.5, 0.6) is 5.75 Å². The SMILES string of the molecule is O=C(c1ccc(NCc2ccccc2Cl)c([N+](=O)[O-])c1)N1CC=C(c2ccc(O)cc2)CC1. The molecule has 0 unspecified atom stereocenters. The van der Waals surface area contributed by atoms with Gasteiger partial charge in [-0.25, -0.2) is 0 Å². The van der Waals surface area contributed by atoms with Crippen LogP contribution in [0, 0.1) is 10.1 Å². The number of carbonyl (C=O) groups excluding carboxylic acids is 1. The number of phenols is 1. The van der Waals surface area contributed by atoms with E-state index in [-0.39, 0.29) is 22.9 Å². The second-order valence-electron chi connectivity index (χ2n) is 7.71. The predicted molar refractivity (Wildman–Crippen MR) is 128 cm³/mol. The van der Waals surface area contributed by atoms with Gasteiger partial charge in [0.05, 0.1) is 4.92 Å². The fourth-order valence-electron chi connectivity index (χ4n) is 3.77. The van der Waals surface area contributed by atoms with Crippen molar-refractivity contribution < 1.29 is 14.8 Å². The van der Waals surface area contributed by atoms with E-state index in [1.165, 1.54) is 6.07 Å². The first kappa shape index (κ1) is 22.4. The Labute approximate surface area is 196 Å². The molecule has 7 nitrogen and oxygen atoms in total. The van der Waals surface area contributed by atoms with E-state index >= 15 is 0 Å². The maximum atomic E-state index is 13.0. The Kier molecular flexibility index (Phi) is 6.60. The lowest BCUT2D eigenvalue weighted by Crippen LogP contribution is -2.34. The van der Waals surface area contributed by atoms with Gasteiger partial charge in [0.1, 0.15) is 11.4 Å². The zero-order valence-electron chi connectivity index (χ0n) is 17.7. The van der Waals surface area contributed by atoms with E-state index in [9.17, 15) is 20.0 Å². The molecule has 0 radical (unpaired) electrons. The summed E-state index contributed by atoms with van der Waals surface area (Å²) in [5.41, 5.74) is 3.35. The Morgan fingerprint density at radius 3 is 2.55 bits per heavy atom. The van der Waals surface area contributed by atoms with Crippen LogP contribution in [-0.4, -0.2) is 33.9 Å². The van der Waals surface area contributed by atoms with Crippen LogP contribution in [0.1, 0.15) is 27.9 Å². The monoisotopic (exact) mass is 463 g/mol. The molecule has 3 aromatic rings. The molecular weight excluding hydrogens is 442 g/mol. The number of carbonyl (C=O) groups is 1. The second-order valence-corrected chi connectivity index (χ2v) is 8.12. The quantitative estimate of drug-likeness (QED) is 0.372. The summed E-state index contributed by atoms with van der Waals surface area (Å²) in [4.78, 5) is 25.8. The van der Waals surface area contributed by atoms with Gasteiger partial charge in [-0.05, 0) is 53.5 Å². The lowest BCUT2D eigenvalue weighted by Gasteiger charge is -2.27. The number of benzene rings is 3.